The van der Waals surface area contributed by atoms with Gasteiger partial charge < -0.3 is 19.5 Å². The molecule has 0 saturated heterocycles. The molecule has 2 unspecified atom stereocenters. The summed E-state index contributed by atoms with van der Waals surface area (Å²) >= 11 is 0. The van der Waals surface area contributed by atoms with E-state index >= 15 is 0 Å². The highest BCUT2D eigenvalue weighted by Gasteiger charge is 2.33. The maximum atomic E-state index is 12.6. The summed E-state index contributed by atoms with van der Waals surface area (Å²) in [4.78, 5) is 17.3. The first-order valence-electron chi connectivity index (χ1n) is 10.3. The Hall–Kier alpha value is -2.38. The van der Waals surface area contributed by atoms with Crippen LogP contribution >= 0.6 is 0 Å². The predicted molar refractivity (Wildman–Crippen MR) is 113 cm³/mol. The Morgan fingerprint density at radius 3 is 2.76 bits per heavy atom. The molecule has 1 aromatic heterocycles. The van der Waals surface area contributed by atoms with Crippen LogP contribution in [0.2, 0.25) is 0 Å². The van der Waals surface area contributed by atoms with Gasteiger partial charge in [-0.3, -0.25) is 9.36 Å². The number of ether oxygens (including phenoxy) is 3. The fourth-order valence-electron chi connectivity index (χ4n) is 3.58. The molecule has 0 saturated carbocycles. The number of hydrogen-bond donors (Lipinski definition) is 1. The van der Waals surface area contributed by atoms with Crippen molar-refractivity contribution < 1.29 is 19.0 Å². The van der Waals surface area contributed by atoms with Crippen molar-refractivity contribution in [1.29, 1.82) is 0 Å². The topological polar surface area (TPSA) is 74.6 Å². The van der Waals surface area contributed by atoms with Crippen molar-refractivity contribution in [2.24, 2.45) is 5.92 Å². The van der Waals surface area contributed by atoms with Crippen molar-refractivity contribution >= 4 is 23.0 Å². The van der Waals surface area contributed by atoms with Gasteiger partial charge in [0.1, 0.15) is 0 Å². The summed E-state index contributed by atoms with van der Waals surface area (Å²) in [5.41, 5.74) is 4.01. The second kappa shape index (κ2) is 9.89. The highest BCUT2D eigenvalue weighted by atomic mass is 16.6. The van der Waals surface area contributed by atoms with Gasteiger partial charge in [0.15, 0.2) is 0 Å². The fourth-order valence-corrected chi connectivity index (χ4v) is 3.58. The molecule has 1 aromatic carbocycles. The molecule has 2 aromatic rings. The number of esters is 1. The average molecular weight is 402 g/mol. The van der Waals surface area contributed by atoms with Crippen LogP contribution in [0.5, 0.6) is 0 Å². The Balaban J connectivity index is 1.89. The SMILES string of the molecule is CCC1=C(C(C)CC)Nc2nc3ccccc3n2C1OC(=O)CCOCCOC. The van der Waals surface area contributed by atoms with Crippen LogP contribution in [0.15, 0.2) is 35.5 Å². The van der Waals surface area contributed by atoms with E-state index < -0.39 is 6.23 Å². The Kier molecular flexibility index (Phi) is 7.28. The summed E-state index contributed by atoms with van der Waals surface area (Å²) in [6, 6.07) is 7.91. The average Bonchev–Trinajstić information content (AvgIpc) is 3.11. The van der Waals surface area contributed by atoms with E-state index in [1.54, 1.807) is 7.11 Å². The van der Waals surface area contributed by atoms with Crippen LogP contribution in [-0.2, 0) is 19.0 Å². The standard InChI is InChI=1S/C22H31N3O4/c1-5-15(3)20-16(6-2)21(29-19(26)11-12-28-14-13-27-4)25-18-10-8-7-9-17(18)23-22(25)24-20/h7-10,15,21H,5-6,11-14H2,1-4H3,(H,23,24). The molecule has 7 heteroatoms. The van der Waals surface area contributed by atoms with E-state index in [1.165, 1.54) is 0 Å². The number of aromatic nitrogens is 2. The quantitative estimate of drug-likeness (QED) is 0.473. The minimum absolute atomic E-state index is 0.200. The fraction of sp³-hybridized carbons (Fsp3) is 0.545. The first kappa shape index (κ1) is 21.3. The number of para-hydroxylation sites is 2. The van der Waals surface area contributed by atoms with Crippen LogP contribution in [0.25, 0.3) is 11.0 Å². The van der Waals surface area contributed by atoms with Gasteiger partial charge in [0.25, 0.3) is 0 Å². The summed E-state index contributed by atoms with van der Waals surface area (Å²) in [6.07, 6.45) is 1.46. The normalized spacial score (nSPS) is 17.2. The highest BCUT2D eigenvalue weighted by molar-refractivity contribution is 5.80. The molecule has 0 amide bonds. The molecule has 2 atom stereocenters. The van der Waals surface area contributed by atoms with E-state index in [0.29, 0.717) is 31.7 Å². The number of methoxy groups -OCH3 is 1. The summed E-state index contributed by atoms with van der Waals surface area (Å²) in [6.45, 7) is 7.72. The molecule has 0 aliphatic carbocycles. The largest absolute Gasteiger partial charge is 0.437 e. The van der Waals surface area contributed by atoms with Crippen LogP contribution in [0.1, 0.15) is 46.3 Å². The Bertz CT molecular complexity index is 874. The van der Waals surface area contributed by atoms with Gasteiger partial charge in [-0.25, -0.2) is 4.98 Å². The molecule has 1 aliphatic rings. The second-order valence-electron chi connectivity index (χ2n) is 7.22. The number of rotatable bonds is 10. The van der Waals surface area contributed by atoms with Crippen LogP contribution < -0.4 is 5.32 Å². The molecular formula is C22H31N3O4. The van der Waals surface area contributed by atoms with Gasteiger partial charge in [0.2, 0.25) is 12.2 Å². The molecule has 0 bridgehead atoms. The first-order valence-corrected chi connectivity index (χ1v) is 10.3. The van der Waals surface area contributed by atoms with Gasteiger partial charge >= 0.3 is 5.97 Å². The van der Waals surface area contributed by atoms with Crippen LogP contribution in [-0.4, -0.2) is 42.5 Å². The number of hydrogen-bond acceptors (Lipinski definition) is 6. The number of imidazole rings is 1. The molecule has 0 spiro atoms. The third-order valence-electron chi connectivity index (χ3n) is 5.33. The minimum atomic E-state index is -0.501. The van der Waals surface area contributed by atoms with Gasteiger partial charge in [-0.1, -0.05) is 32.9 Å². The third kappa shape index (κ3) is 4.62. The minimum Gasteiger partial charge on any atom is -0.437 e. The second-order valence-corrected chi connectivity index (χ2v) is 7.22. The zero-order valence-electron chi connectivity index (χ0n) is 17.7. The van der Waals surface area contributed by atoms with Crippen molar-refractivity contribution in [1.82, 2.24) is 9.55 Å². The zero-order valence-corrected chi connectivity index (χ0v) is 17.7. The molecular weight excluding hydrogens is 370 g/mol. The maximum absolute atomic E-state index is 12.6. The Labute approximate surface area is 172 Å². The Morgan fingerprint density at radius 1 is 1.24 bits per heavy atom. The smallest absolute Gasteiger partial charge is 0.310 e. The molecule has 29 heavy (non-hydrogen) atoms. The number of carbonyl (C=O) groups is 1. The third-order valence-corrected chi connectivity index (χ3v) is 5.33. The van der Waals surface area contributed by atoms with Gasteiger partial charge in [-0.2, -0.15) is 0 Å². The van der Waals surface area contributed by atoms with Crippen LogP contribution in [0.3, 0.4) is 0 Å². The van der Waals surface area contributed by atoms with E-state index in [4.69, 9.17) is 19.2 Å². The van der Waals surface area contributed by atoms with Crippen molar-refractivity contribution in [2.75, 3.05) is 32.2 Å². The molecule has 3 rings (SSSR count). The van der Waals surface area contributed by atoms with Crippen LogP contribution in [0.4, 0.5) is 5.95 Å². The van der Waals surface area contributed by atoms with Gasteiger partial charge in [-0.05, 0) is 30.9 Å². The van der Waals surface area contributed by atoms with E-state index in [0.717, 1.165) is 35.1 Å². The lowest BCUT2D eigenvalue weighted by Gasteiger charge is -2.33. The molecule has 2 heterocycles. The molecule has 1 N–H and O–H groups in total. The number of carbonyl (C=O) groups excluding carboxylic acids is 1. The lowest BCUT2D eigenvalue weighted by Crippen LogP contribution is -2.29. The molecule has 0 radical (unpaired) electrons. The zero-order chi connectivity index (χ0) is 20.8. The van der Waals surface area contributed by atoms with Gasteiger partial charge in [0, 0.05) is 18.4 Å². The number of anilines is 1. The number of benzene rings is 1. The monoisotopic (exact) mass is 401 g/mol. The Morgan fingerprint density at radius 2 is 2.03 bits per heavy atom. The van der Waals surface area contributed by atoms with E-state index in [1.807, 2.05) is 28.8 Å². The summed E-state index contributed by atoms with van der Waals surface area (Å²) in [5, 5.41) is 3.51. The predicted octanol–water partition coefficient (Wildman–Crippen LogP) is 4.27. The first-order chi connectivity index (χ1) is 14.1. The number of allylic oxidation sites excluding steroid dienone is 1. The molecule has 158 valence electrons. The van der Waals surface area contributed by atoms with Crippen LogP contribution in [0, 0.1) is 5.92 Å². The number of nitrogens with zero attached hydrogens (tertiary/aromatic N) is 2. The summed E-state index contributed by atoms with van der Waals surface area (Å²) in [5.74, 6) is 0.748. The highest BCUT2D eigenvalue weighted by Crippen LogP contribution is 2.39. The summed E-state index contributed by atoms with van der Waals surface area (Å²) < 4.78 is 18.4. The van der Waals surface area contributed by atoms with E-state index in [-0.39, 0.29) is 12.4 Å². The van der Waals surface area contributed by atoms with Crippen molar-refractivity contribution in [3.05, 3.63) is 35.5 Å². The lowest BCUT2D eigenvalue weighted by atomic mass is 9.96. The number of fused-ring (bicyclic) bond motifs is 3. The molecule has 7 nitrogen and oxygen atoms in total. The van der Waals surface area contributed by atoms with Crippen molar-refractivity contribution in [3.63, 3.8) is 0 Å². The van der Waals surface area contributed by atoms with E-state index in [2.05, 4.69) is 26.1 Å². The number of nitrogens with one attached hydrogen (secondary N) is 1. The van der Waals surface area contributed by atoms with Gasteiger partial charge in [-0.15, -0.1) is 0 Å². The lowest BCUT2D eigenvalue weighted by molar-refractivity contribution is -0.152. The van der Waals surface area contributed by atoms with E-state index in [9.17, 15) is 4.79 Å². The van der Waals surface area contributed by atoms with Gasteiger partial charge in [0.05, 0.1) is 37.3 Å². The maximum Gasteiger partial charge on any atom is 0.310 e. The summed E-state index contributed by atoms with van der Waals surface area (Å²) in [7, 11) is 1.62. The van der Waals surface area contributed by atoms with Crippen molar-refractivity contribution in [3.8, 4) is 0 Å². The molecule has 0 fully saturated rings. The van der Waals surface area contributed by atoms with Crippen molar-refractivity contribution in [2.45, 2.75) is 46.3 Å². The molecule has 1 aliphatic heterocycles.